The highest BCUT2D eigenvalue weighted by atomic mass is 16.4. The summed E-state index contributed by atoms with van der Waals surface area (Å²) in [5.74, 6) is -0.967. The molecule has 1 amide bonds. The van der Waals surface area contributed by atoms with Crippen molar-refractivity contribution >= 4 is 11.9 Å². The molecule has 0 atom stereocenters. The molecular weight excluding hydrogens is 232 g/mol. The zero-order chi connectivity index (χ0) is 13.8. The maximum absolute atomic E-state index is 12.2. The molecule has 0 radical (unpaired) electrons. The van der Waals surface area contributed by atoms with Gasteiger partial charge < -0.3 is 15.7 Å². The molecule has 104 valence electrons. The van der Waals surface area contributed by atoms with Crippen LogP contribution in [0.4, 0.5) is 0 Å². The number of nitrogens with one attached hydrogen (secondary N) is 2. The van der Waals surface area contributed by atoms with Gasteiger partial charge in [-0.05, 0) is 33.2 Å². The van der Waals surface area contributed by atoms with Crippen LogP contribution in [0, 0.1) is 0 Å². The Labute approximate surface area is 108 Å². The summed E-state index contributed by atoms with van der Waals surface area (Å²) in [5, 5.41) is 15.1. The summed E-state index contributed by atoms with van der Waals surface area (Å²) in [7, 11) is 0. The molecule has 0 spiro atoms. The highest BCUT2D eigenvalue weighted by Crippen LogP contribution is 2.33. The third-order valence-corrected chi connectivity index (χ3v) is 3.62. The molecule has 1 saturated carbocycles. The van der Waals surface area contributed by atoms with Crippen LogP contribution in [0.1, 0.15) is 52.9 Å². The number of hydrogen-bond donors (Lipinski definition) is 3. The van der Waals surface area contributed by atoms with Crippen LogP contribution in [0.15, 0.2) is 0 Å². The number of hydrogen-bond acceptors (Lipinski definition) is 3. The Morgan fingerprint density at radius 3 is 2.28 bits per heavy atom. The Kier molecular flexibility index (Phi) is 4.73. The lowest BCUT2D eigenvalue weighted by Crippen LogP contribution is -2.59. The van der Waals surface area contributed by atoms with E-state index in [0.717, 1.165) is 25.7 Å². The summed E-state index contributed by atoms with van der Waals surface area (Å²) < 4.78 is 0. The molecule has 1 fully saturated rings. The first-order valence-corrected chi connectivity index (χ1v) is 6.61. The van der Waals surface area contributed by atoms with Crippen LogP contribution < -0.4 is 10.6 Å². The Morgan fingerprint density at radius 2 is 1.83 bits per heavy atom. The van der Waals surface area contributed by atoms with E-state index in [9.17, 15) is 9.59 Å². The average Bonchev–Trinajstić information content (AvgIpc) is 2.64. The molecule has 1 aliphatic rings. The van der Waals surface area contributed by atoms with Gasteiger partial charge in [0.15, 0.2) is 0 Å². The third-order valence-electron chi connectivity index (χ3n) is 3.62. The van der Waals surface area contributed by atoms with Crippen molar-refractivity contribution in [2.75, 3.05) is 6.54 Å². The molecule has 1 rings (SSSR count). The highest BCUT2D eigenvalue weighted by Gasteiger charge is 2.40. The van der Waals surface area contributed by atoms with Gasteiger partial charge in [0, 0.05) is 0 Å². The normalized spacial score (nSPS) is 18.6. The summed E-state index contributed by atoms with van der Waals surface area (Å²) in [4.78, 5) is 23.2. The van der Waals surface area contributed by atoms with E-state index < -0.39 is 17.0 Å². The van der Waals surface area contributed by atoms with Crippen LogP contribution in [0.2, 0.25) is 0 Å². The van der Waals surface area contributed by atoms with Gasteiger partial charge in [0.05, 0.1) is 17.5 Å². The first kappa shape index (κ1) is 15.0. The fourth-order valence-corrected chi connectivity index (χ4v) is 2.61. The highest BCUT2D eigenvalue weighted by molar-refractivity contribution is 5.86. The average molecular weight is 256 g/mol. The molecule has 0 saturated heterocycles. The van der Waals surface area contributed by atoms with Crippen molar-refractivity contribution in [1.82, 2.24) is 10.6 Å². The number of likely N-dealkylation sites (N-methyl/N-ethyl adjacent to an activating group) is 1. The minimum Gasteiger partial charge on any atom is -0.481 e. The molecule has 0 unspecified atom stereocenters. The lowest BCUT2D eigenvalue weighted by Gasteiger charge is -2.34. The number of carboxylic acid groups (broad SMARTS) is 1. The maximum Gasteiger partial charge on any atom is 0.305 e. The van der Waals surface area contributed by atoms with Gasteiger partial charge >= 0.3 is 5.97 Å². The predicted octanol–water partition coefficient (Wildman–Crippen LogP) is 1.28. The van der Waals surface area contributed by atoms with Gasteiger partial charge in [-0.25, -0.2) is 0 Å². The molecule has 5 heteroatoms. The standard InChI is InChI=1S/C13H24N2O3/c1-4-14-12(2,3)11(18)15-13(9-10(16)17)7-5-6-8-13/h14H,4-9H2,1-3H3,(H,15,18)(H,16,17). The smallest absolute Gasteiger partial charge is 0.305 e. The van der Waals surface area contributed by atoms with Crippen LogP contribution in [0.25, 0.3) is 0 Å². The van der Waals surface area contributed by atoms with Crippen molar-refractivity contribution in [3.63, 3.8) is 0 Å². The topological polar surface area (TPSA) is 78.4 Å². The van der Waals surface area contributed by atoms with E-state index in [1.54, 1.807) is 0 Å². The van der Waals surface area contributed by atoms with E-state index in [2.05, 4.69) is 10.6 Å². The van der Waals surface area contributed by atoms with Crippen LogP contribution in [0.3, 0.4) is 0 Å². The second-order valence-electron chi connectivity index (χ2n) is 5.67. The van der Waals surface area contributed by atoms with E-state index in [0.29, 0.717) is 6.54 Å². The fraction of sp³-hybridized carbons (Fsp3) is 0.846. The van der Waals surface area contributed by atoms with E-state index in [1.165, 1.54) is 0 Å². The zero-order valence-electron chi connectivity index (χ0n) is 11.5. The molecule has 0 bridgehead atoms. The monoisotopic (exact) mass is 256 g/mol. The second-order valence-corrected chi connectivity index (χ2v) is 5.67. The summed E-state index contributed by atoms with van der Waals surface area (Å²) in [6.45, 7) is 6.27. The van der Waals surface area contributed by atoms with Gasteiger partial charge in [0.2, 0.25) is 5.91 Å². The van der Waals surface area contributed by atoms with Crippen molar-refractivity contribution in [2.24, 2.45) is 0 Å². The number of rotatable bonds is 6. The maximum atomic E-state index is 12.2. The molecular formula is C13H24N2O3. The molecule has 18 heavy (non-hydrogen) atoms. The van der Waals surface area contributed by atoms with Crippen molar-refractivity contribution in [2.45, 2.75) is 64.0 Å². The van der Waals surface area contributed by atoms with Gasteiger partial charge in [0.25, 0.3) is 0 Å². The first-order chi connectivity index (χ1) is 8.31. The molecule has 0 heterocycles. The summed E-state index contributed by atoms with van der Waals surface area (Å²) >= 11 is 0. The van der Waals surface area contributed by atoms with Gasteiger partial charge in [0.1, 0.15) is 0 Å². The molecule has 0 aromatic rings. The minimum absolute atomic E-state index is 0.0148. The van der Waals surface area contributed by atoms with E-state index in [4.69, 9.17) is 5.11 Å². The molecule has 0 aliphatic heterocycles. The molecule has 1 aliphatic carbocycles. The number of carbonyl (C=O) groups is 2. The summed E-state index contributed by atoms with van der Waals surface area (Å²) in [6.07, 6.45) is 3.49. The third kappa shape index (κ3) is 3.70. The van der Waals surface area contributed by atoms with Crippen molar-refractivity contribution < 1.29 is 14.7 Å². The number of carbonyl (C=O) groups excluding carboxylic acids is 1. The molecule has 3 N–H and O–H groups in total. The minimum atomic E-state index is -0.849. The lowest BCUT2D eigenvalue weighted by molar-refractivity contribution is -0.139. The molecule has 0 aromatic heterocycles. The van der Waals surface area contributed by atoms with Gasteiger partial charge in [-0.3, -0.25) is 9.59 Å². The van der Waals surface area contributed by atoms with Gasteiger partial charge in [-0.15, -0.1) is 0 Å². The SMILES string of the molecule is CCNC(C)(C)C(=O)NC1(CC(=O)O)CCCC1. The Morgan fingerprint density at radius 1 is 1.28 bits per heavy atom. The number of amides is 1. The molecule has 0 aromatic carbocycles. The largest absolute Gasteiger partial charge is 0.481 e. The van der Waals surface area contributed by atoms with Crippen LogP contribution in [-0.4, -0.2) is 34.6 Å². The van der Waals surface area contributed by atoms with E-state index in [-0.39, 0.29) is 12.3 Å². The Balaban J connectivity index is 2.72. The van der Waals surface area contributed by atoms with Gasteiger partial charge in [-0.2, -0.15) is 0 Å². The number of carboxylic acids is 1. The van der Waals surface area contributed by atoms with Crippen molar-refractivity contribution in [3.8, 4) is 0 Å². The first-order valence-electron chi connectivity index (χ1n) is 6.61. The van der Waals surface area contributed by atoms with E-state index >= 15 is 0 Å². The zero-order valence-corrected chi connectivity index (χ0v) is 11.5. The van der Waals surface area contributed by atoms with Crippen LogP contribution >= 0.6 is 0 Å². The van der Waals surface area contributed by atoms with Gasteiger partial charge in [-0.1, -0.05) is 19.8 Å². The summed E-state index contributed by atoms with van der Waals surface area (Å²) in [5.41, 5.74) is -1.21. The Hall–Kier alpha value is -1.10. The quantitative estimate of drug-likeness (QED) is 0.669. The molecule has 5 nitrogen and oxygen atoms in total. The lowest BCUT2D eigenvalue weighted by atomic mass is 9.91. The van der Waals surface area contributed by atoms with Crippen molar-refractivity contribution in [1.29, 1.82) is 0 Å². The Bertz CT molecular complexity index is 320. The van der Waals surface area contributed by atoms with E-state index in [1.807, 2.05) is 20.8 Å². The van der Waals surface area contributed by atoms with Crippen molar-refractivity contribution in [3.05, 3.63) is 0 Å². The second kappa shape index (κ2) is 5.69. The fourth-order valence-electron chi connectivity index (χ4n) is 2.61. The summed E-state index contributed by atoms with van der Waals surface area (Å²) in [6, 6.07) is 0. The van der Waals surface area contributed by atoms with Crippen LogP contribution in [-0.2, 0) is 9.59 Å². The van der Waals surface area contributed by atoms with Crippen LogP contribution in [0.5, 0.6) is 0 Å². The number of aliphatic carboxylic acids is 1. The predicted molar refractivity (Wildman–Crippen MR) is 69.4 cm³/mol.